The van der Waals surface area contributed by atoms with Gasteiger partial charge in [0, 0.05) is 13.1 Å². The molecule has 1 aliphatic rings. The van der Waals surface area contributed by atoms with Crippen molar-refractivity contribution in [2.75, 3.05) is 19.6 Å². The quantitative estimate of drug-likeness (QED) is 0.814. The van der Waals surface area contributed by atoms with Crippen molar-refractivity contribution in [3.05, 3.63) is 35.9 Å². The van der Waals surface area contributed by atoms with Gasteiger partial charge in [-0.3, -0.25) is 9.59 Å². The van der Waals surface area contributed by atoms with Gasteiger partial charge in [0.15, 0.2) is 0 Å². The van der Waals surface area contributed by atoms with Crippen molar-refractivity contribution in [1.82, 2.24) is 10.2 Å². The number of ether oxygens (including phenoxy) is 1. The van der Waals surface area contributed by atoms with E-state index >= 15 is 0 Å². The summed E-state index contributed by atoms with van der Waals surface area (Å²) in [5.41, 5.74) is 0.848. The molecular formula is C16H20N2O5. The van der Waals surface area contributed by atoms with E-state index in [2.05, 4.69) is 5.32 Å². The molecule has 0 aromatic heterocycles. The number of carbonyl (C=O) groups excluding carboxylic acids is 3. The molecule has 0 aliphatic carbocycles. The molecule has 2 N–H and O–H groups in total. The molecule has 1 saturated heterocycles. The molecule has 23 heavy (non-hydrogen) atoms. The number of aliphatic hydroxyl groups excluding tert-OH is 1. The monoisotopic (exact) mass is 320 g/mol. The van der Waals surface area contributed by atoms with Crippen molar-refractivity contribution in [3.8, 4) is 0 Å². The molecule has 7 nitrogen and oxygen atoms in total. The molecule has 2 atom stereocenters. The first-order valence-corrected chi connectivity index (χ1v) is 7.38. The number of ketones is 1. The highest BCUT2D eigenvalue weighted by molar-refractivity contribution is 5.85. The SMILES string of the molecule is CC(=O)[C@@H]1CN(C(=O)CNC(=O)OCc2ccccc2)C[C@@H]1O. The zero-order valence-corrected chi connectivity index (χ0v) is 12.9. The summed E-state index contributed by atoms with van der Waals surface area (Å²) in [5, 5.41) is 12.1. The Morgan fingerprint density at radius 3 is 2.57 bits per heavy atom. The van der Waals surface area contributed by atoms with Crippen LogP contribution < -0.4 is 5.32 Å². The number of nitrogens with zero attached hydrogens (tertiary/aromatic N) is 1. The second-order valence-corrected chi connectivity index (χ2v) is 5.50. The minimum absolute atomic E-state index is 0.101. The fourth-order valence-electron chi connectivity index (χ4n) is 2.42. The van der Waals surface area contributed by atoms with E-state index in [9.17, 15) is 19.5 Å². The molecule has 1 fully saturated rings. The van der Waals surface area contributed by atoms with Gasteiger partial charge in [-0.1, -0.05) is 30.3 Å². The fraction of sp³-hybridized carbons (Fsp3) is 0.438. The highest BCUT2D eigenvalue weighted by atomic mass is 16.5. The number of benzene rings is 1. The molecule has 7 heteroatoms. The van der Waals surface area contributed by atoms with E-state index in [1.165, 1.54) is 11.8 Å². The lowest BCUT2D eigenvalue weighted by molar-refractivity contribution is -0.129. The Morgan fingerprint density at radius 1 is 1.26 bits per heavy atom. The maximum atomic E-state index is 12.0. The van der Waals surface area contributed by atoms with Gasteiger partial charge in [-0.05, 0) is 12.5 Å². The summed E-state index contributed by atoms with van der Waals surface area (Å²) in [7, 11) is 0. The number of alkyl carbamates (subject to hydrolysis) is 1. The number of rotatable bonds is 5. The maximum absolute atomic E-state index is 12.0. The third-order valence-corrected chi connectivity index (χ3v) is 3.76. The largest absolute Gasteiger partial charge is 0.445 e. The predicted octanol–water partition coefficient (Wildman–Crippen LogP) is 0.321. The van der Waals surface area contributed by atoms with Gasteiger partial charge in [0.1, 0.15) is 18.9 Å². The smallest absolute Gasteiger partial charge is 0.407 e. The molecule has 0 saturated carbocycles. The molecular weight excluding hydrogens is 300 g/mol. The van der Waals surface area contributed by atoms with Gasteiger partial charge < -0.3 is 20.1 Å². The number of carbonyl (C=O) groups is 3. The average Bonchev–Trinajstić information content (AvgIpc) is 2.94. The predicted molar refractivity (Wildman–Crippen MR) is 81.4 cm³/mol. The Balaban J connectivity index is 1.72. The second kappa shape index (κ2) is 7.73. The molecule has 2 rings (SSSR count). The fourth-order valence-corrected chi connectivity index (χ4v) is 2.42. The minimum Gasteiger partial charge on any atom is -0.445 e. The first-order valence-electron chi connectivity index (χ1n) is 7.38. The van der Waals surface area contributed by atoms with Crippen LogP contribution in [0.25, 0.3) is 0 Å². The zero-order valence-electron chi connectivity index (χ0n) is 12.9. The van der Waals surface area contributed by atoms with E-state index < -0.39 is 18.1 Å². The summed E-state index contributed by atoms with van der Waals surface area (Å²) in [4.78, 5) is 36.2. The van der Waals surface area contributed by atoms with Crippen LogP contribution >= 0.6 is 0 Å². The number of Topliss-reactive ketones (excluding diaryl/α,β-unsaturated/α-hetero) is 1. The standard InChI is InChI=1S/C16H20N2O5/c1-11(19)13-8-18(9-14(13)20)15(21)7-17-16(22)23-10-12-5-3-2-4-6-12/h2-6,13-14,20H,7-10H2,1H3,(H,17,22)/t13-,14-/m0/s1. The summed E-state index contributed by atoms with van der Waals surface area (Å²) in [6.07, 6.45) is -1.54. The van der Waals surface area contributed by atoms with Crippen molar-refractivity contribution in [2.24, 2.45) is 5.92 Å². The summed E-state index contributed by atoms with van der Waals surface area (Å²) in [5.74, 6) is -1.06. The Hall–Kier alpha value is -2.41. The van der Waals surface area contributed by atoms with Crippen LogP contribution in [0.5, 0.6) is 0 Å². The first-order chi connectivity index (χ1) is 11.0. The van der Waals surface area contributed by atoms with Crippen LogP contribution in [0.3, 0.4) is 0 Å². The molecule has 1 heterocycles. The number of β-amino-alcohol motifs (C(OH)–C–C–N with tert-alkyl or cyclic N) is 1. The van der Waals surface area contributed by atoms with E-state index in [1.807, 2.05) is 30.3 Å². The van der Waals surface area contributed by atoms with Crippen molar-refractivity contribution in [2.45, 2.75) is 19.6 Å². The second-order valence-electron chi connectivity index (χ2n) is 5.50. The van der Waals surface area contributed by atoms with Crippen molar-refractivity contribution < 1.29 is 24.2 Å². The van der Waals surface area contributed by atoms with Crippen LogP contribution in [0.4, 0.5) is 4.79 Å². The zero-order chi connectivity index (χ0) is 16.8. The van der Waals surface area contributed by atoms with Crippen molar-refractivity contribution >= 4 is 17.8 Å². The number of aliphatic hydroxyl groups is 1. The third-order valence-electron chi connectivity index (χ3n) is 3.76. The summed E-state index contributed by atoms with van der Waals surface area (Å²) in [6.45, 7) is 1.56. The van der Waals surface area contributed by atoms with Gasteiger partial charge in [-0.25, -0.2) is 4.79 Å². The molecule has 1 aliphatic heterocycles. The normalized spacial score (nSPS) is 20.2. The molecule has 0 unspecified atom stereocenters. The maximum Gasteiger partial charge on any atom is 0.407 e. The molecule has 0 radical (unpaired) electrons. The van der Waals surface area contributed by atoms with Gasteiger partial charge >= 0.3 is 6.09 Å². The van der Waals surface area contributed by atoms with E-state index in [-0.39, 0.29) is 37.9 Å². The van der Waals surface area contributed by atoms with Gasteiger partial charge in [-0.15, -0.1) is 0 Å². The highest BCUT2D eigenvalue weighted by Crippen LogP contribution is 2.17. The van der Waals surface area contributed by atoms with E-state index in [4.69, 9.17) is 4.74 Å². The topological polar surface area (TPSA) is 95.9 Å². The van der Waals surface area contributed by atoms with Crippen LogP contribution in [0.1, 0.15) is 12.5 Å². The summed E-state index contributed by atoms with van der Waals surface area (Å²) >= 11 is 0. The van der Waals surface area contributed by atoms with Gasteiger partial charge in [0.05, 0.1) is 12.0 Å². The third kappa shape index (κ3) is 4.79. The number of hydrogen-bond acceptors (Lipinski definition) is 5. The van der Waals surface area contributed by atoms with Crippen LogP contribution in [-0.2, 0) is 20.9 Å². The van der Waals surface area contributed by atoms with Crippen molar-refractivity contribution in [1.29, 1.82) is 0 Å². The lowest BCUT2D eigenvalue weighted by atomic mass is 10.0. The lowest BCUT2D eigenvalue weighted by Crippen LogP contribution is -2.39. The van der Waals surface area contributed by atoms with Crippen LogP contribution in [0.15, 0.2) is 30.3 Å². The Bertz CT molecular complexity index is 575. The first kappa shape index (κ1) is 17.0. The van der Waals surface area contributed by atoms with Gasteiger partial charge in [0.2, 0.25) is 5.91 Å². The van der Waals surface area contributed by atoms with Gasteiger partial charge in [0.25, 0.3) is 0 Å². The van der Waals surface area contributed by atoms with Crippen LogP contribution in [0.2, 0.25) is 0 Å². The number of amides is 2. The number of hydrogen-bond donors (Lipinski definition) is 2. The minimum atomic E-state index is -0.846. The van der Waals surface area contributed by atoms with Gasteiger partial charge in [-0.2, -0.15) is 0 Å². The van der Waals surface area contributed by atoms with E-state index in [0.717, 1.165) is 5.56 Å². The lowest BCUT2D eigenvalue weighted by Gasteiger charge is -2.16. The summed E-state index contributed by atoms with van der Waals surface area (Å²) < 4.78 is 5.00. The Kier molecular flexibility index (Phi) is 5.70. The van der Waals surface area contributed by atoms with E-state index in [1.54, 1.807) is 0 Å². The van der Waals surface area contributed by atoms with Crippen LogP contribution in [0, 0.1) is 5.92 Å². The highest BCUT2D eigenvalue weighted by Gasteiger charge is 2.36. The van der Waals surface area contributed by atoms with Crippen LogP contribution in [-0.4, -0.2) is 53.5 Å². The number of nitrogens with one attached hydrogen (secondary N) is 1. The molecule has 0 bridgehead atoms. The van der Waals surface area contributed by atoms with Crippen molar-refractivity contribution in [3.63, 3.8) is 0 Å². The Morgan fingerprint density at radius 2 is 1.96 bits per heavy atom. The summed E-state index contributed by atoms with van der Waals surface area (Å²) in [6, 6.07) is 9.19. The molecule has 1 aromatic carbocycles. The number of likely N-dealkylation sites (tertiary alicyclic amines) is 1. The average molecular weight is 320 g/mol. The Labute approximate surface area is 134 Å². The van der Waals surface area contributed by atoms with E-state index in [0.29, 0.717) is 0 Å². The molecule has 124 valence electrons. The molecule has 0 spiro atoms. The molecule has 1 aromatic rings. The molecule has 2 amide bonds.